The van der Waals surface area contributed by atoms with Crippen molar-refractivity contribution in [2.24, 2.45) is 17.8 Å². The van der Waals surface area contributed by atoms with Gasteiger partial charge in [0.05, 0.1) is 18.9 Å². The number of nitrogens with one attached hydrogen (secondary N) is 1. The molecule has 3 heterocycles. The molecule has 1 aromatic heterocycles. The number of aryl methyl sites for hydroxylation is 1. The number of hydrogen-bond acceptors (Lipinski definition) is 6. The van der Waals surface area contributed by atoms with Gasteiger partial charge in [-0.2, -0.15) is 18.3 Å². The third kappa shape index (κ3) is 5.78. The van der Waals surface area contributed by atoms with Gasteiger partial charge in [-0.3, -0.25) is 4.79 Å². The van der Waals surface area contributed by atoms with Gasteiger partial charge in [-0.1, -0.05) is 0 Å². The van der Waals surface area contributed by atoms with E-state index in [2.05, 4.69) is 20.4 Å². The summed E-state index contributed by atoms with van der Waals surface area (Å²) in [5, 5.41) is 18.2. The van der Waals surface area contributed by atoms with E-state index < -0.39 is 12.1 Å². The van der Waals surface area contributed by atoms with E-state index in [-0.39, 0.29) is 5.91 Å². The Kier molecular flexibility index (Phi) is 7.17. The first-order chi connectivity index (χ1) is 13.1. The Morgan fingerprint density at radius 2 is 1.96 bits per heavy atom. The fourth-order valence-electron chi connectivity index (χ4n) is 3.40. The minimum absolute atomic E-state index is 0.0952. The molecule has 0 unspecified atom stereocenters. The lowest BCUT2D eigenvalue weighted by molar-refractivity contribution is -0.192. The summed E-state index contributed by atoms with van der Waals surface area (Å²) in [6, 6.07) is 4.01. The van der Waals surface area contributed by atoms with Crippen molar-refractivity contribution in [3.8, 4) is 0 Å². The van der Waals surface area contributed by atoms with Crippen molar-refractivity contribution in [1.29, 1.82) is 0 Å². The van der Waals surface area contributed by atoms with Crippen molar-refractivity contribution < 1.29 is 32.6 Å². The van der Waals surface area contributed by atoms with E-state index in [1.165, 1.54) is 0 Å². The number of carbonyl (C=O) groups excluding carboxylic acids is 1. The molecule has 1 amide bonds. The average Bonchev–Trinajstić information content (AvgIpc) is 3.07. The Hall–Kier alpha value is -2.43. The van der Waals surface area contributed by atoms with Crippen LogP contribution in [0.1, 0.15) is 12.1 Å². The van der Waals surface area contributed by atoms with Crippen LogP contribution in [0.2, 0.25) is 0 Å². The lowest BCUT2D eigenvalue weighted by Gasteiger charge is -2.32. The summed E-state index contributed by atoms with van der Waals surface area (Å²) in [5.74, 6) is -0.457. The van der Waals surface area contributed by atoms with Crippen LogP contribution >= 0.6 is 0 Å². The summed E-state index contributed by atoms with van der Waals surface area (Å²) >= 11 is 0. The van der Waals surface area contributed by atoms with Crippen molar-refractivity contribution in [1.82, 2.24) is 15.5 Å². The first-order valence-electron chi connectivity index (χ1n) is 8.75. The molecule has 156 valence electrons. The van der Waals surface area contributed by atoms with Crippen LogP contribution in [-0.2, 0) is 14.3 Å². The highest BCUT2D eigenvalue weighted by Gasteiger charge is 2.42. The van der Waals surface area contributed by atoms with E-state index in [4.69, 9.17) is 14.6 Å². The highest BCUT2D eigenvalue weighted by atomic mass is 19.4. The molecule has 1 aromatic rings. The smallest absolute Gasteiger partial charge is 0.475 e. The molecule has 0 bridgehead atoms. The lowest BCUT2D eigenvalue weighted by atomic mass is 9.81. The highest BCUT2D eigenvalue weighted by molar-refractivity contribution is 5.75. The maximum absolute atomic E-state index is 11.7. The molecule has 11 heteroatoms. The van der Waals surface area contributed by atoms with Crippen molar-refractivity contribution in [3.05, 3.63) is 17.8 Å². The summed E-state index contributed by atoms with van der Waals surface area (Å²) in [7, 11) is 1.69. The zero-order valence-electron chi connectivity index (χ0n) is 15.6. The Morgan fingerprint density at radius 3 is 2.50 bits per heavy atom. The molecule has 2 saturated heterocycles. The topological polar surface area (TPSA) is 105 Å². The average molecular weight is 404 g/mol. The molecule has 28 heavy (non-hydrogen) atoms. The van der Waals surface area contributed by atoms with Gasteiger partial charge in [-0.15, -0.1) is 5.10 Å². The molecule has 3 atom stereocenters. The number of carboxylic acid groups (broad SMARTS) is 1. The van der Waals surface area contributed by atoms with Crippen LogP contribution in [0.15, 0.2) is 12.1 Å². The Bertz CT molecular complexity index is 684. The number of nitrogens with zero attached hydrogens (tertiary/aromatic N) is 3. The highest BCUT2D eigenvalue weighted by Crippen LogP contribution is 2.37. The SMILES string of the molecule is CNC(=O)C[C@@H]1COC[C@H]2CN(c3ccc(C)nn3)C[C@@H]12.O=C(O)C(F)(F)F. The summed E-state index contributed by atoms with van der Waals surface area (Å²) in [4.78, 5) is 22.8. The van der Waals surface area contributed by atoms with Crippen LogP contribution in [-0.4, -0.2) is 66.7 Å². The molecule has 0 saturated carbocycles. The van der Waals surface area contributed by atoms with E-state index in [0.717, 1.165) is 31.2 Å². The second kappa shape index (κ2) is 9.18. The number of hydrogen-bond donors (Lipinski definition) is 2. The van der Waals surface area contributed by atoms with Gasteiger partial charge in [0.2, 0.25) is 5.91 Å². The van der Waals surface area contributed by atoms with Crippen LogP contribution in [0, 0.1) is 24.7 Å². The number of halogens is 3. The molecule has 2 aliphatic heterocycles. The normalized spacial score (nSPS) is 24.0. The van der Waals surface area contributed by atoms with Gasteiger partial charge in [0.15, 0.2) is 5.82 Å². The number of carbonyl (C=O) groups is 2. The largest absolute Gasteiger partial charge is 0.490 e. The van der Waals surface area contributed by atoms with Crippen molar-refractivity contribution >= 4 is 17.7 Å². The van der Waals surface area contributed by atoms with E-state index >= 15 is 0 Å². The molecule has 8 nitrogen and oxygen atoms in total. The summed E-state index contributed by atoms with van der Waals surface area (Å²) < 4.78 is 37.4. The van der Waals surface area contributed by atoms with Gasteiger partial charge >= 0.3 is 12.1 Å². The van der Waals surface area contributed by atoms with E-state index in [9.17, 15) is 18.0 Å². The van der Waals surface area contributed by atoms with Crippen LogP contribution in [0.4, 0.5) is 19.0 Å². The van der Waals surface area contributed by atoms with E-state index in [1.54, 1.807) is 7.05 Å². The molecule has 3 rings (SSSR count). The Balaban J connectivity index is 0.000000345. The third-order valence-electron chi connectivity index (χ3n) is 4.84. The molecule has 2 aliphatic rings. The Morgan fingerprint density at radius 1 is 1.29 bits per heavy atom. The summed E-state index contributed by atoms with van der Waals surface area (Å²) in [6.45, 7) is 5.28. The molecular formula is C17H23F3N4O4. The minimum atomic E-state index is -5.08. The molecule has 0 radical (unpaired) electrons. The minimum Gasteiger partial charge on any atom is -0.475 e. The Labute approximate surface area is 160 Å². The summed E-state index contributed by atoms with van der Waals surface area (Å²) in [5.41, 5.74) is 0.927. The van der Waals surface area contributed by atoms with Crippen LogP contribution in [0.25, 0.3) is 0 Å². The number of rotatable bonds is 3. The van der Waals surface area contributed by atoms with E-state index in [0.29, 0.717) is 30.8 Å². The van der Waals surface area contributed by atoms with Crippen LogP contribution < -0.4 is 10.2 Å². The summed E-state index contributed by atoms with van der Waals surface area (Å²) in [6.07, 6.45) is -4.54. The second-order valence-corrected chi connectivity index (χ2v) is 6.84. The van der Waals surface area contributed by atoms with Gasteiger partial charge < -0.3 is 20.1 Å². The molecule has 2 fully saturated rings. The van der Waals surface area contributed by atoms with Gasteiger partial charge in [0, 0.05) is 32.5 Å². The van der Waals surface area contributed by atoms with Gasteiger partial charge in [0.25, 0.3) is 0 Å². The number of aromatic nitrogens is 2. The maximum Gasteiger partial charge on any atom is 0.490 e. The molecule has 0 aromatic carbocycles. The van der Waals surface area contributed by atoms with Crippen molar-refractivity contribution in [2.45, 2.75) is 19.5 Å². The predicted molar refractivity (Wildman–Crippen MR) is 92.6 cm³/mol. The van der Waals surface area contributed by atoms with Crippen molar-refractivity contribution in [2.75, 3.05) is 38.3 Å². The zero-order chi connectivity index (χ0) is 20.9. The number of amides is 1. The third-order valence-corrected chi connectivity index (χ3v) is 4.84. The fourth-order valence-corrected chi connectivity index (χ4v) is 3.40. The van der Waals surface area contributed by atoms with E-state index in [1.807, 2.05) is 19.1 Å². The van der Waals surface area contributed by atoms with Gasteiger partial charge in [0.1, 0.15) is 0 Å². The quantitative estimate of drug-likeness (QED) is 0.781. The standard InChI is InChI=1S/C15H22N4O2.C2HF3O2/c1-10-3-4-14(18-17-10)19-6-12-9-21-8-11(13(12)7-19)5-15(20)16-2;3-2(4,5)1(6)7/h3-4,11-13H,5-9H2,1-2H3,(H,16,20);(H,6,7)/t11-,12-,13+;/m1./s1. The number of ether oxygens (including phenoxy) is 1. The molecule has 0 spiro atoms. The van der Waals surface area contributed by atoms with Crippen LogP contribution in [0.3, 0.4) is 0 Å². The lowest BCUT2D eigenvalue weighted by Crippen LogP contribution is -2.37. The zero-order valence-corrected chi connectivity index (χ0v) is 15.6. The number of carboxylic acids is 1. The first kappa shape index (κ1) is 21.9. The first-order valence-corrected chi connectivity index (χ1v) is 8.75. The fraction of sp³-hybridized carbons (Fsp3) is 0.647. The number of anilines is 1. The number of fused-ring (bicyclic) bond motifs is 1. The van der Waals surface area contributed by atoms with Crippen molar-refractivity contribution in [3.63, 3.8) is 0 Å². The number of aliphatic carboxylic acids is 1. The second-order valence-electron chi connectivity index (χ2n) is 6.84. The monoisotopic (exact) mass is 404 g/mol. The molecule has 2 N–H and O–H groups in total. The molecule has 0 aliphatic carbocycles. The van der Waals surface area contributed by atoms with Gasteiger partial charge in [-0.25, -0.2) is 4.79 Å². The maximum atomic E-state index is 11.7. The van der Waals surface area contributed by atoms with Crippen LogP contribution in [0.5, 0.6) is 0 Å². The number of alkyl halides is 3. The molecular weight excluding hydrogens is 381 g/mol. The van der Waals surface area contributed by atoms with Gasteiger partial charge in [-0.05, 0) is 30.9 Å². The predicted octanol–water partition coefficient (Wildman–Crippen LogP) is 1.25.